The molecular formula is C26H23N3O3S. The highest BCUT2D eigenvalue weighted by atomic mass is 32.1. The zero-order chi connectivity index (χ0) is 22.9. The lowest BCUT2D eigenvalue weighted by Gasteiger charge is -2.20. The minimum atomic E-state index is -0.454. The first-order valence-corrected chi connectivity index (χ1v) is 11.6. The molecular weight excluding hydrogens is 434 g/mol. The van der Waals surface area contributed by atoms with E-state index in [1.165, 1.54) is 21.5 Å². The molecule has 0 N–H and O–H groups in total. The average molecular weight is 458 g/mol. The number of fused-ring (bicyclic) bond motifs is 2. The number of thiazole rings is 1. The molecule has 0 bridgehead atoms. The normalized spacial score (nSPS) is 11.3. The van der Waals surface area contributed by atoms with E-state index >= 15 is 0 Å². The fraction of sp³-hybridized carbons (Fsp3) is 0.192. The lowest BCUT2D eigenvalue weighted by atomic mass is 10.1. The number of aromatic nitrogens is 2. The third-order valence-electron chi connectivity index (χ3n) is 5.66. The maximum atomic E-state index is 13.5. The van der Waals surface area contributed by atoms with Crippen LogP contribution in [-0.2, 0) is 17.9 Å². The van der Waals surface area contributed by atoms with Gasteiger partial charge < -0.3 is 4.42 Å². The highest BCUT2D eigenvalue weighted by Gasteiger charge is 2.22. The van der Waals surface area contributed by atoms with Crippen molar-refractivity contribution in [2.45, 2.75) is 33.4 Å². The molecule has 6 nitrogen and oxygen atoms in total. The largest absolute Gasteiger partial charge is 0.419 e. The Kier molecular flexibility index (Phi) is 5.56. The van der Waals surface area contributed by atoms with E-state index in [9.17, 15) is 9.59 Å². The van der Waals surface area contributed by atoms with Gasteiger partial charge in [0.2, 0.25) is 5.91 Å². The molecule has 166 valence electrons. The quantitative estimate of drug-likeness (QED) is 0.340. The number of nitrogens with zero attached hydrogens (tertiary/aromatic N) is 3. The van der Waals surface area contributed by atoms with Crippen LogP contribution in [0.1, 0.15) is 23.1 Å². The van der Waals surface area contributed by atoms with E-state index in [0.717, 1.165) is 21.3 Å². The summed E-state index contributed by atoms with van der Waals surface area (Å²) in [6, 6.07) is 21.3. The number of para-hydroxylation sites is 2. The Morgan fingerprint density at radius 1 is 1.06 bits per heavy atom. The Morgan fingerprint density at radius 3 is 2.64 bits per heavy atom. The summed E-state index contributed by atoms with van der Waals surface area (Å²) in [6.07, 6.45) is 0.157. The number of benzene rings is 3. The van der Waals surface area contributed by atoms with Crippen molar-refractivity contribution in [1.82, 2.24) is 9.55 Å². The first kappa shape index (κ1) is 21.2. The molecule has 3 aromatic carbocycles. The van der Waals surface area contributed by atoms with E-state index in [1.807, 2.05) is 55.5 Å². The molecule has 33 heavy (non-hydrogen) atoms. The van der Waals surface area contributed by atoms with Crippen molar-refractivity contribution < 1.29 is 9.21 Å². The van der Waals surface area contributed by atoms with Gasteiger partial charge in [0.15, 0.2) is 10.7 Å². The van der Waals surface area contributed by atoms with Crippen molar-refractivity contribution in [2.24, 2.45) is 0 Å². The molecule has 0 aliphatic carbocycles. The van der Waals surface area contributed by atoms with Gasteiger partial charge >= 0.3 is 5.76 Å². The summed E-state index contributed by atoms with van der Waals surface area (Å²) in [4.78, 5) is 32.3. The van der Waals surface area contributed by atoms with Gasteiger partial charge in [0, 0.05) is 13.0 Å². The molecule has 0 aliphatic rings. The van der Waals surface area contributed by atoms with Crippen molar-refractivity contribution in [3.05, 3.63) is 94.0 Å². The van der Waals surface area contributed by atoms with E-state index in [2.05, 4.69) is 19.1 Å². The monoisotopic (exact) mass is 457 g/mol. The Labute approximate surface area is 194 Å². The van der Waals surface area contributed by atoms with E-state index in [4.69, 9.17) is 9.40 Å². The molecule has 0 fully saturated rings. The lowest BCUT2D eigenvalue weighted by molar-refractivity contribution is -0.119. The maximum absolute atomic E-state index is 13.5. The minimum absolute atomic E-state index is 0.0931. The van der Waals surface area contributed by atoms with Crippen LogP contribution < -0.4 is 10.7 Å². The number of hydrogen-bond acceptors (Lipinski definition) is 5. The highest BCUT2D eigenvalue weighted by molar-refractivity contribution is 7.22. The number of anilines is 1. The number of aryl methyl sites for hydroxylation is 3. The predicted octanol–water partition coefficient (Wildman–Crippen LogP) is 5.44. The number of oxazole rings is 1. The summed E-state index contributed by atoms with van der Waals surface area (Å²) >= 11 is 1.52. The first-order chi connectivity index (χ1) is 16.0. The van der Waals surface area contributed by atoms with Gasteiger partial charge in [-0.15, -0.1) is 0 Å². The van der Waals surface area contributed by atoms with Crippen molar-refractivity contribution in [3.63, 3.8) is 0 Å². The molecule has 0 unspecified atom stereocenters. The molecule has 0 aliphatic heterocycles. The van der Waals surface area contributed by atoms with Crippen LogP contribution in [0.3, 0.4) is 0 Å². The van der Waals surface area contributed by atoms with Gasteiger partial charge in [-0.05, 0) is 48.7 Å². The van der Waals surface area contributed by atoms with Crippen LogP contribution in [0.15, 0.2) is 75.9 Å². The molecule has 5 aromatic rings. The summed E-state index contributed by atoms with van der Waals surface area (Å²) in [5.41, 5.74) is 5.41. The second-order valence-corrected chi connectivity index (χ2v) is 9.14. The van der Waals surface area contributed by atoms with Gasteiger partial charge in [-0.25, -0.2) is 9.78 Å². The molecule has 7 heteroatoms. The predicted molar refractivity (Wildman–Crippen MR) is 132 cm³/mol. The topological polar surface area (TPSA) is 68.3 Å². The van der Waals surface area contributed by atoms with Crippen LogP contribution >= 0.6 is 11.3 Å². The van der Waals surface area contributed by atoms with Crippen LogP contribution in [0.5, 0.6) is 0 Å². The third-order valence-corrected chi connectivity index (χ3v) is 6.68. The average Bonchev–Trinajstić information content (AvgIpc) is 3.37. The van der Waals surface area contributed by atoms with E-state index in [0.29, 0.717) is 22.8 Å². The molecule has 0 saturated heterocycles. The highest BCUT2D eigenvalue weighted by Crippen LogP contribution is 2.33. The van der Waals surface area contributed by atoms with Gasteiger partial charge in [-0.2, -0.15) is 0 Å². The van der Waals surface area contributed by atoms with Crippen molar-refractivity contribution in [3.8, 4) is 0 Å². The van der Waals surface area contributed by atoms with E-state index in [-0.39, 0.29) is 18.9 Å². The van der Waals surface area contributed by atoms with E-state index < -0.39 is 5.76 Å². The van der Waals surface area contributed by atoms with Crippen molar-refractivity contribution >= 4 is 43.7 Å². The van der Waals surface area contributed by atoms with Gasteiger partial charge in [-0.3, -0.25) is 14.3 Å². The van der Waals surface area contributed by atoms with E-state index in [1.54, 1.807) is 11.0 Å². The zero-order valence-corrected chi connectivity index (χ0v) is 19.3. The fourth-order valence-electron chi connectivity index (χ4n) is 4.07. The molecule has 1 amide bonds. The smallest absolute Gasteiger partial charge is 0.408 e. The molecule has 0 radical (unpaired) electrons. The number of rotatable bonds is 6. The number of amides is 1. The zero-order valence-electron chi connectivity index (χ0n) is 18.4. The van der Waals surface area contributed by atoms with Gasteiger partial charge in [0.05, 0.1) is 22.3 Å². The fourth-order valence-corrected chi connectivity index (χ4v) is 5.23. The second-order valence-electron chi connectivity index (χ2n) is 8.13. The van der Waals surface area contributed by atoms with Crippen LogP contribution in [0.4, 0.5) is 5.13 Å². The number of carbonyl (C=O) groups excluding carboxylic acids is 1. The van der Waals surface area contributed by atoms with Crippen LogP contribution in [0.2, 0.25) is 0 Å². The molecule has 0 saturated carbocycles. The molecule has 5 rings (SSSR count). The number of hydrogen-bond donors (Lipinski definition) is 0. The summed E-state index contributed by atoms with van der Waals surface area (Å²) in [7, 11) is 0. The molecule has 0 atom stereocenters. The third kappa shape index (κ3) is 4.19. The lowest BCUT2D eigenvalue weighted by Crippen LogP contribution is -2.31. The minimum Gasteiger partial charge on any atom is -0.408 e. The van der Waals surface area contributed by atoms with Crippen molar-refractivity contribution in [2.75, 3.05) is 4.90 Å². The summed E-state index contributed by atoms with van der Waals surface area (Å²) in [5.74, 6) is -0.547. The van der Waals surface area contributed by atoms with Crippen LogP contribution in [0.25, 0.3) is 21.3 Å². The Hall–Kier alpha value is -3.71. The van der Waals surface area contributed by atoms with Crippen LogP contribution in [-0.4, -0.2) is 15.5 Å². The SMILES string of the molecule is Cc1cc(C)c2nc(N(Cc3ccccc3)C(=O)CCn3c(=O)oc4ccccc43)sc2c1. The summed E-state index contributed by atoms with van der Waals surface area (Å²) in [5, 5.41) is 0.664. The first-order valence-electron chi connectivity index (χ1n) is 10.8. The van der Waals surface area contributed by atoms with Gasteiger partial charge in [0.25, 0.3) is 0 Å². The summed E-state index contributed by atoms with van der Waals surface area (Å²) in [6.45, 7) is 4.76. The second kappa shape index (κ2) is 8.67. The van der Waals surface area contributed by atoms with Gasteiger partial charge in [-0.1, -0.05) is 59.9 Å². The summed E-state index contributed by atoms with van der Waals surface area (Å²) < 4.78 is 7.88. The van der Waals surface area contributed by atoms with Crippen molar-refractivity contribution in [1.29, 1.82) is 0 Å². The molecule has 0 spiro atoms. The molecule has 2 aromatic heterocycles. The Balaban J connectivity index is 1.47. The molecule has 2 heterocycles. The standard InChI is InChI=1S/C26H23N3O3S/c1-17-14-18(2)24-22(15-17)33-25(27-24)29(16-19-8-4-3-5-9-19)23(30)12-13-28-20-10-6-7-11-21(20)32-26(28)31/h3-11,14-15H,12-13,16H2,1-2H3. The Bertz CT molecular complexity index is 1510. The number of carbonyl (C=O) groups is 1. The Morgan fingerprint density at radius 2 is 1.82 bits per heavy atom. The van der Waals surface area contributed by atoms with Gasteiger partial charge in [0.1, 0.15) is 0 Å². The maximum Gasteiger partial charge on any atom is 0.419 e. The van der Waals surface area contributed by atoms with Crippen LogP contribution in [0, 0.1) is 13.8 Å².